The highest BCUT2D eigenvalue weighted by Crippen LogP contribution is 2.23. The van der Waals surface area contributed by atoms with E-state index in [1.807, 2.05) is 0 Å². The van der Waals surface area contributed by atoms with E-state index < -0.39 is 43.5 Å². The molecule has 1 amide bonds. The number of allylic oxidation sites excluding steroid dienone is 1. The maximum Gasteiger partial charge on any atom is 0.330 e. The Hall–Kier alpha value is -1.64. The van der Waals surface area contributed by atoms with Crippen molar-refractivity contribution in [1.29, 1.82) is 0 Å². The van der Waals surface area contributed by atoms with Gasteiger partial charge in [-0.25, -0.2) is 13.6 Å². The van der Waals surface area contributed by atoms with Crippen molar-refractivity contribution in [2.24, 2.45) is 0 Å². The van der Waals surface area contributed by atoms with E-state index in [4.69, 9.17) is 5.11 Å². The molecule has 21 heavy (non-hydrogen) atoms. The molecule has 0 fully saturated rings. The maximum absolute atomic E-state index is 12.6. The number of amides is 1. The molecule has 0 saturated carbocycles. The molecule has 0 heterocycles. The third-order valence-corrected chi connectivity index (χ3v) is 2.60. The summed E-state index contributed by atoms with van der Waals surface area (Å²) in [5.74, 6) is -6.40. The lowest BCUT2D eigenvalue weighted by Crippen LogP contribution is -2.46. The van der Waals surface area contributed by atoms with E-state index in [1.165, 1.54) is 13.1 Å². The lowest BCUT2D eigenvalue weighted by Gasteiger charge is -2.25. The van der Waals surface area contributed by atoms with Crippen LogP contribution in [0, 0.1) is 0 Å². The van der Waals surface area contributed by atoms with Crippen molar-refractivity contribution in [2.75, 3.05) is 20.3 Å². The first-order chi connectivity index (χ1) is 9.63. The minimum Gasteiger partial charge on any atom is -0.480 e. The van der Waals surface area contributed by atoms with Crippen molar-refractivity contribution in [3.05, 3.63) is 12.7 Å². The molecule has 0 spiro atoms. The standard InChI is InChI=1S/C12H17F4NO4/c1-3-4-5-9(18)17(2)8(10(19)20)6-21-7-12(15,16)11(13)14/h3,8,11H,1,4-7H2,2H3,(H,19,20). The second kappa shape index (κ2) is 8.60. The van der Waals surface area contributed by atoms with Gasteiger partial charge in [0.1, 0.15) is 6.61 Å². The summed E-state index contributed by atoms with van der Waals surface area (Å²) in [6, 6.07) is -1.53. The average molecular weight is 315 g/mol. The predicted octanol–water partition coefficient (Wildman–Crippen LogP) is 1.78. The number of aliphatic carboxylic acids is 1. The number of hydrogen-bond acceptors (Lipinski definition) is 3. The zero-order chi connectivity index (χ0) is 16.6. The van der Waals surface area contributed by atoms with Gasteiger partial charge in [-0.05, 0) is 6.42 Å². The summed E-state index contributed by atoms with van der Waals surface area (Å²) in [5, 5.41) is 8.93. The molecule has 0 aromatic rings. The topological polar surface area (TPSA) is 66.8 Å². The van der Waals surface area contributed by atoms with Gasteiger partial charge in [0.2, 0.25) is 5.91 Å². The fourth-order valence-electron chi connectivity index (χ4n) is 1.29. The van der Waals surface area contributed by atoms with Crippen molar-refractivity contribution in [3.8, 4) is 0 Å². The predicted molar refractivity (Wildman–Crippen MR) is 65.4 cm³/mol. The number of carboxylic acid groups (broad SMARTS) is 1. The fraction of sp³-hybridized carbons (Fsp3) is 0.667. The lowest BCUT2D eigenvalue weighted by molar-refractivity contribution is -0.173. The zero-order valence-electron chi connectivity index (χ0n) is 11.4. The van der Waals surface area contributed by atoms with Gasteiger partial charge >= 0.3 is 18.3 Å². The normalized spacial score (nSPS) is 13.0. The molecule has 0 aliphatic carbocycles. The smallest absolute Gasteiger partial charge is 0.330 e. The van der Waals surface area contributed by atoms with Gasteiger partial charge < -0.3 is 14.7 Å². The Balaban J connectivity index is 4.53. The fourth-order valence-corrected chi connectivity index (χ4v) is 1.29. The number of halogens is 4. The van der Waals surface area contributed by atoms with Crippen molar-refractivity contribution in [3.63, 3.8) is 0 Å². The Kier molecular flexibility index (Phi) is 7.93. The molecule has 0 aliphatic heterocycles. The van der Waals surface area contributed by atoms with Gasteiger partial charge in [-0.3, -0.25) is 4.79 Å². The minimum absolute atomic E-state index is 0.00300. The van der Waals surface area contributed by atoms with Crippen LogP contribution in [-0.2, 0) is 14.3 Å². The van der Waals surface area contributed by atoms with Gasteiger partial charge in [-0.1, -0.05) is 6.08 Å². The molecule has 1 atom stereocenters. The molecule has 1 N–H and O–H groups in total. The molecule has 0 saturated heterocycles. The van der Waals surface area contributed by atoms with Gasteiger partial charge in [0, 0.05) is 13.5 Å². The molecule has 0 bridgehead atoms. The number of carbonyl (C=O) groups is 2. The molecule has 0 aromatic carbocycles. The minimum atomic E-state index is -4.37. The zero-order valence-corrected chi connectivity index (χ0v) is 11.4. The van der Waals surface area contributed by atoms with Gasteiger partial charge in [0.05, 0.1) is 6.61 Å². The number of rotatable bonds is 10. The number of hydrogen-bond donors (Lipinski definition) is 1. The monoisotopic (exact) mass is 315 g/mol. The van der Waals surface area contributed by atoms with Gasteiger partial charge in [-0.2, -0.15) is 8.78 Å². The first-order valence-electron chi connectivity index (χ1n) is 5.96. The second-order valence-electron chi connectivity index (χ2n) is 4.26. The van der Waals surface area contributed by atoms with E-state index in [0.717, 1.165) is 4.90 Å². The van der Waals surface area contributed by atoms with Crippen LogP contribution >= 0.6 is 0 Å². The van der Waals surface area contributed by atoms with E-state index in [-0.39, 0.29) is 6.42 Å². The van der Waals surface area contributed by atoms with Crippen LogP contribution in [0.1, 0.15) is 12.8 Å². The summed E-state index contributed by atoms with van der Waals surface area (Å²) in [6.07, 6.45) is -2.13. The molecule has 9 heteroatoms. The van der Waals surface area contributed by atoms with Crippen molar-refractivity contribution >= 4 is 11.9 Å². The van der Waals surface area contributed by atoms with E-state index >= 15 is 0 Å². The Morgan fingerprint density at radius 1 is 1.43 bits per heavy atom. The third kappa shape index (κ3) is 6.56. The van der Waals surface area contributed by atoms with Crippen molar-refractivity contribution < 1.29 is 37.0 Å². The summed E-state index contributed by atoms with van der Waals surface area (Å²) >= 11 is 0. The summed E-state index contributed by atoms with van der Waals surface area (Å²) < 4.78 is 53.4. The molecular formula is C12H17F4NO4. The highest BCUT2D eigenvalue weighted by Gasteiger charge is 2.41. The molecule has 0 aliphatic rings. The molecule has 1 unspecified atom stereocenters. The van der Waals surface area contributed by atoms with Crippen LogP contribution in [-0.4, -0.2) is 60.5 Å². The van der Waals surface area contributed by atoms with E-state index in [1.54, 1.807) is 0 Å². The van der Waals surface area contributed by atoms with Crippen LogP contribution in [0.15, 0.2) is 12.7 Å². The summed E-state index contributed by atoms with van der Waals surface area (Å²) in [6.45, 7) is 0.966. The quantitative estimate of drug-likeness (QED) is 0.493. The average Bonchev–Trinajstić information content (AvgIpc) is 2.39. The Labute approximate surface area is 119 Å². The number of carbonyl (C=O) groups excluding carboxylic acids is 1. The van der Waals surface area contributed by atoms with Gasteiger partial charge in [0.25, 0.3) is 0 Å². The Bertz CT molecular complexity index is 376. The van der Waals surface area contributed by atoms with Gasteiger partial charge in [0.15, 0.2) is 6.04 Å². The number of ether oxygens (including phenoxy) is 1. The van der Waals surface area contributed by atoms with Crippen LogP contribution in [0.4, 0.5) is 17.6 Å². The molecule has 5 nitrogen and oxygen atoms in total. The van der Waals surface area contributed by atoms with E-state index in [9.17, 15) is 27.2 Å². The first kappa shape index (κ1) is 19.4. The van der Waals surface area contributed by atoms with Crippen LogP contribution in [0.5, 0.6) is 0 Å². The Morgan fingerprint density at radius 3 is 2.43 bits per heavy atom. The molecular weight excluding hydrogens is 298 g/mol. The van der Waals surface area contributed by atoms with Crippen LogP contribution in [0.2, 0.25) is 0 Å². The van der Waals surface area contributed by atoms with E-state index in [0.29, 0.717) is 6.42 Å². The number of alkyl halides is 4. The second-order valence-corrected chi connectivity index (χ2v) is 4.26. The molecule has 0 rings (SSSR count). The number of carboxylic acids is 1. The largest absolute Gasteiger partial charge is 0.480 e. The first-order valence-corrected chi connectivity index (χ1v) is 5.96. The van der Waals surface area contributed by atoms with Gasteiger partial charge in [-0.15, -0.1) is 6.58 Å². The maximum atomic E-state index is 12.6. The highest BCUT2D eigenvalue weighted by atomic mass is 19.3. The third-order valence-electron chi connectivity index (χ3n) is 2.60. The Morgan fingerprint density at radius 2 is 2.00 bits per heavy atom. The highest BCUT2D eigenvalue weighted by molar-refractivity contribution is 5.83. The molecule has 0 aromatic heterocycles. The van der Waals surface area contributed by atoms with Crippen LogP contribution in [0.3, 0.4) is 0 Å². The summed E-state index contributed by atoms with van der Waals surface area (Å²) in [4.78, 5) is 23.4. The van der Waals surface area contributed by atoms with Crippen LogP contribution < -0.4 is 0 Å². The summed E-state index contributed by atoms with van der Waals surface area (Å²) in [7, 11) is 1.17. The lowest BCUT2D eigenvalue weighted by atomic mass is 10.2. The van der Waals surface area contributed by atoms with Crippen molar-refractivity contribution in [1.82, 2.24) is 4.90 Å². The molecule has 0 radical (unpaired) electrons. The van der Waals surface area contributed by atoms with Crippen LogP contribution in [0.25, 0.3) is 0 Å². The number of likely N-dealkylation sites (N-methyl/N-ethyl adjacent to an activating group) is 1. The van der Waals surface area contributed by atoms with Crippen molar-refractivity contribution in [2.45, 2.75) is 31.2 Å². The molecule has 122 valence electrons. The summed E-state index contributed by atoms with van der Waals surface area (Å²) in [5.41, 5.74) is 0. The van der Waals surface area contributed by atoms with E-state index in [2.05, 4.69) is 11.3 Å². The number of nitrogens with zero attached hydrogens (tertiary/aromatic N) is 1. The SMILES string of the molecule is C=CCCC(=O)N(C)C(COCC(F)(F)C(F)F)C(=O)O.